The van der Waals surface area contributed by atoms with Crippen molar-refractivity contribution < 1.29 is 0 Å². The van der Waals surface area contributed by atoms with E-state index in [1.165, 1.54) is 20.2 Å². The molecule has 3 heterocycles. The zero-order valence-electron chi connectivity index (χ0n) is 37.0. The molecule has 0 aliphatic rings. The summed E-state index contributed by atoms with van der Waals surface area (Å²) in [5, 5.41) is 44.1. The summed E-state index contributed by atoms with van der Waals surface area (Å²) in [7, 11) is 0. The van der Waals surface area contributed by atoms with E-state index in [4.69, 9.17) is 15.0 Å². The second-order valence-electron chi connectivity index (χ2n) is 16.8. The monoisotopic (exact) mass is 908 g/mol. The van der Waals surface area contributed by atoms with Crippen molar-refractivity contribution in [2.24, 2.45) is 0 Å². The predicted octanol–water partition coefficient (Wildman–Crippen LogP) is 14.8. The molecule has 9 aromatic carbocycles. The highest BCUT2D eigenvalue weighted by atomic mass is 32.1. The molecule has 0 bridgehead atoms. The molecule has 0 unspecified atom stereocenters. The molecule has 3 aromatic heterocycles. The Hall–Kier alpha value is -10.0. The topological polar surface area (TPSA) is 139 Å². The van der Waals surface area contributed by atoms with Crippen molar-refractivity contribution >= 4 is 53.3 Å². The van der Waals surface area contributed by atoms with Crippen LogP contribution in [0.25, 0.3) is 115 Å². The molecule has 9 heteroatoms. The maximum atomic E-state index is 10.3. The van der Waals surface area contributed by atoms with Crippen molar-refractivity contribution in [1.82, 2.24) is 19.5 Å². The molecule has 0 amide bonds. The summed E-state index contributed by atoms with van der Waals surface area (Å²) in [6, 6.07) is 73.1. The van der Waals surface area contributed by atoms with Crippen LogP contribution in [0.4, 0.5) is 0 Å². The van der Waals surface area contributed by atoms with E-state index in [1.807, 2.05) is 84.9 Å². The lowest BCUT2D eigenvalue weighted by molar-refractivity contribution is 1.06. The molecule has 0 spiro atoms. The first-order valence-corrected chi connectivity index (χ1v) is 23.2. The molecule has 0 radical (unpaired) electrons. The molecule has 0 fully saturated rings. The van der Waals surface area contributed by atoms with Crippen LogP contribution < -0.4 is 0 Å². The molecular formula is C61H32N8S. The van der Waals surface area contributed by atoms with Crippen LogP contribution in [0.1, 0.15) is 22.3 Å². The summed E-state index contributed by atoms with van der Waals surface area (Å²) in [5.41, 5.74) is 11.7. The Bertz CT molecular complexity index is 4100. The van der Waals surface area contributed by atoms with Crippen LogP contribution in [0.5, 0.6) is 0 Å². The van der Waals surface area contributed by atoms with E-state index < -0.39 is 0 Å². The molecular weight excluding hydrogens is 877 g/mol. The van der Waals surface area contributed by atoms with E-state index in [2.05, 4.69) is 114 Å². The maximum absolute atomic E-state index is 10.3. The van der Waals surface area contributed by atoms with Crippen molar-refractivity contribution in [1.29, 1.82) is 21.0 Å². The lowest BCUT2D eigenvalue weighted by Gasteiger charge is -2.17. The number of hydrogen-bond donors (Lipinski definition) is 0. The standard InChI is InChI=1S/C61H32N8S/c62-33-37-15-21-47(45(27-37)35-64)43-19-25-54-51(30-43)52-31-44(48-22-16-38(34-63)28-46(48)36-65)20-26-55(52)69(54)56-24-18-41(42-17-23-50-49-13-7-8-14-57(49)70-58(50)32-42)29-53(56)61-67-59(39-9-3-1-4-10-39)66-60(68-61)40-11-5-2-6-12-40/h1-32H. The molecule has 8 nitrogen and oxygen atoms in total. The molecule has 0 aliphatic heterocycles. The van der Waals surface area contributed by atoms with E-state index in [9.17, 15) is 21.0 Å². The van der Waals surface area contributed by atoms with Gasteiger partial charge in [-0.05, 0) is 106 Å². The van der Waals surface area contributed by atoms with Gasteiger partial charge >= 0.3 is 0 Å². The van der Waals surface area contributed by atoms with Crippen molar-refractivity contribution in [3.8, 4) is 97.5 Å². The summed E-state index contributed by atoms with van der Waals surface area (Å²) in [6.07, 6.45) is 0. The van der Waals surface area contributed by atoms with Crippen LogP contribution in [0.15, 0.2) is 194 Å². The number of fused-ring (bicyclic) bond motifs is 6. The average Bonchev–Trinajstić information content (AvgIpc) is 3.97. The minimum Gasteiger partial charge on any atom is -0.308 e. The van der Waals surface area contributed by atoms with Gasteiger partial charge in [-0.1, -0.05) is 121 Å². The number of nitriles is 4. The van der Waals surface area contributed by atoms with Gasteiger partial charge in [-0.3, -0.25) is 0 Å². The third-order valence-corrected chi connectivity index (χ3v) is 13.9. The van der Waals surface area contributed by atoms with Gasteiger partial charge in [0.15, 0.2) is 17.5 Å². The zero-order chi connectivity index (χ0) is 47.3. The minimum absolute atomic E-state index is 0.393. The molecule has 0 saturated carbocycles. The van der Waals surface area contributed by atoms with E-state index in [1.54, 1.807) is 35.6 Å². The largest absolute Gasteiger partial charge is 0.308 e. The van der Waals surface area contributed by atoms with Gasteiger partial charge in [-0.15, -0.1) is 11.3 Å². The highest BCUT2D eigenvalue weighted by Gasteiger charge is 2.22. The highest BCUT2D eigenvalue weighted by molar-refractivity contribution is 7.25. The van der Waals surface area contributed by atoms with Gasteiger partial charge in [-0.2, -0.15) is 21.0 Å². The van der Waals surface area contributed by atoms with Gasteiger partial charge < -0.3 is 4.57 Å². The predicted molar refractivity (Wildman–Crippen MR) is 279 cm³/mol. The smallest absolute Gasteiger partial charge is 0.166 e. The van der Waals surface area contributed by atoms with E-state index in [-0.39, 0.29) is 0 Å². The summed E-state index contributed by atoms with van der Waals surface area (Å²) in [6.45, 7) is 0. The quantitative estimate of drug-likeness (QED) is 0.155. The van der Waals surface area contributed by atoms with E-state index in [0.717, 1.165) is 66.4 Å². The van der Waals surface area contributed by atoms with Crippen LogP contribution >= 0.6 is 11.3 Å². The van der Waals surface area contributed by atoms with Crippen LogP contribution in [0.2, 0.25) is 0 Å². The number of thiophene rings is 1. The summed E-state index contributed by atoms with van der Waals surface area (Å²) in [4.78, 5) is 15.6. The van der Waals surface area contributed by atoms with Crippen molar-refractivity contribution in [2.45, 2.75) is 0 Å². The molecule has 322 valence electrons. The van der Waals surface area contributed by atoms with Crippen LogP contribution in [0.3, 0.4) is 0 Å². The van der Waals surface area contributed by atoms with Gasteiger partial charge in [0.2, 0.25) is 0 Å². The van der Waals surface area contributed by atoms with Crippen molar-refractivity contribution in [3.63, 3.8) is 0 Å². The molecule has 0 N–H and O–H groups in total. The summed E-state index contributed by atoms with van der Waals surface area (Å²) in [5.74, 6) is 1.56. The molecule has 70 heavy (non-hydrogen) atoms. The molecule has 0 atom stereocenters. The number of nitrogens with zero attached hydrogens (tertiary/aromatic N) is 8. The van der Waals surface area contributed by atoms with Crippen molar-refractivity contribution in [3.05, 3.63) is 216 Å². The Labute approximate surface area is 405 Å². The van der Waals surface area contributed by atoms with Gasteiger partial charge in [0, 0.05) is 47.6 Å². The fourth-order valence-electron chi connectivity index (χ4n) is 9.46. The first kappa shape index (κ1) is 41.4. The minimum atomic E-state index is 0.393. The zero-order valence-corrected chi connectivity index (χ0v) is 37.8. The summed E-state index contributed by atoms with van der Waals surface area (Å²) >= 11 is 1.78. The number of benzene rings is 9. The first-order chi connectivity index (χ1) is 34.5. The third-order valence-electron chi connectivity index (χ3n) is 12.8. The fraction of sp³-hybridized carbons (Fsp3) is 0. The van der Waals surface area contributed by atoms with Crippen molar-refractivity contribution in [2.75, 3.05) is 0 Å². The fourth-order valence-corrected chi connectivity index (χ4v) is 10.6. The Kier molecular flexibility index (Phi) is 10.1. The first-order valence-electron chi connectivity index (χ1n) is 22.4. The van der Waals surface area contributed by atoms with Gasteiger partial charge in [0.05, 0.1) is 63.3 Å². The molecule has 0 saturated heterocycles. The number of hydrogen-bond acceptors (Lipinski definition) is 8. The number of aromatic nitrogens is 4. The van der Waals surface area contributed by atoms with Gasteiger partial charge in [-0.25, -0.2) is 15.0 Å². The highest BCUT2D eigenvalue weighted by Crippen LogP contribution is 2.43. The Morgan fingerprint density at radius 2 is 0.843 bits per heavy atom. The summed E-state index contributed by atoms with van der Waals surface area (Å²) < 4.78 is 4.66. The van der Waals surface area contributed by atoms with Crippen LogP contribution in [-0.4, -0.2) is 19.5 Å². The third kappa shape index (κ3) is 7.08. The molecule has 12 aromatic rings. The second kappa shape index (κ2) is 17.0. The van der Waals surface area contributed by atoms with Crippen LogP contribution in [0, 0.1) is 45.3 Å². The molecule has 12 rings (SSSR count). The lowest BCUT2D eigenvalue weighted by atomic mass is 9.95. The average molecular weight is 909 g/mol. The normalized spacial score (nSPS) is 11.1. The van der Waals surface area contributed by atoms with Crippen LogP contribution in [-0.2, 0) is 0 Å². The Morgan fingerprint density at radius 3 is 1.41 bits per heavy atom. The van der Waals surface area contributed by atoms with Gasteiger partial charge in [0.25, 0.3) is 0 Å². The van der Waals surface area contributed by atoms with Gasteiger partial charge in [0.1, 0.15) is 0 Å². The molecule has 0 aliphatic carbocycles. The Balaban J connectivity index is 1.15. The lowest BCUT2D eigenvalue weighted by Crippen LogP contribution is -2.04. The Morgan fingerprint density at radius 1 is 0.343 bits per heavy atom. The maximum Gasteiger partial charge on any atom is 0.166 e. The van der Waals surface area contributed by atoms with E-state index in [0.29, 0.717) is 50.9 Å². The van der Waals surface area contributed by atoms with E-state index >= 15 is 0 Å². The number of rotatable bonds is 7. The SMILES string of the molecule is N#Cc1ccc(-c2ccc3c(c2)c2cc(-c4ccc(C#N)cc4C#N)ccc2n3-c2ccc(-c3ccc4c(c3)sc3ccccc34)cc2-c2nc(-c3ccccc3)nc(-c3ccccc3)n2)c(C#N)c1. The second-order valence-corrected chi connectivity index (χ2v) is 17.9.